The highest BCUT2D eigenvalue weighted by atomic mass is 32.1. The molecule has 1 aromatic rings. The van der Waals surface area contributed by atoms with Gasteiger partial charge in [0, 0.05) is 17.3 Å². The third-order valence-electron chi connectivity index (χ3n) is 2.30. The van der Waals surface area contributed by atoms with E-state index in [0.717, 1.165) is 10.7 Å². The Balaban J connectivity index is 2.12. The van der Waals surface area contributed by atoms with Gasteiger partial charge in [0.05, 0.1) is 31.4 Å². The molecule has 0 bridgehead atoms. The maximum atomic E-state index is 8.51. The highest BCUT2D eigenvalue weighted by molar-refractivity contribution is 7.09. The molecule has 2 N–H and O–H groups in total. The van der Waals surface area contributed by atoms with E-state index in [4.69, 9.17) is 15.7 Å². The van der Waals surface area contributed by atoms with E-state index < -0.39 is 0 Å². The number of nitriles is 1. The highest BCUT2D eigenvalue weighted by Crippen LogP contribution is 2.25. The van der Waals surface area contributed by atoms with E-state index >= 15 is 0 Å². The van der Waals surface area contributed by atoms with Crippen LogP contribution in [0.1, 0.15) is 16.6 Å². The van der Waals surface area contributed by atoms with Crippen LogP contribution in [-0.2, 0) is 11.2 Å². The van der Waals surface area contributed by atoms with E-state index in [-0.39, 0.29) is 12.0 Å². The van der Waals surface area contributed by atoms with Crippen LogP contribution in [0.15, 0.2) is 5.38 Å². The molecule has 2 rings (SSSR count). The number of ether oxygens (including phenoxy) is 1. The summed E-state index contributed by atoms with van der Waals surface area (Å²) < 4.78 is 5.27. The second-order valence-electron chi connectivity index (χ2n) is 3.31. The number of hydrogen-bond acceptors (Lipinski definition) is 5. The number of nitrogens with two attached hydrogens (primary N) is 1. The van der Waals surface area contributed by atoms with Gasteiger partial charge in [0.25, 0.3) is 0 Å². The van der Waals surface area contributed by atoms with Gasteiger partial charge in [-0.1, -0.05) is 0 Å². The molecule has 0 radical (unpaired) electrons. The molecule has 0 amide bonds. The molecule has 2 atom stereocenters. The van der Waals surface area contributed by atoms with Crippen molar-refractivity contribution in [1.29, 1.82) is 5.26 Å². The third-order valence-corrected chi connectivity index (χ3v) is 3.17. The summed E-state index contributed by atoms with van der Waals surface area (Å²) in [4.78, 5) is 4.37. The Labute approximate surface area is 86.3 Å². The minimum Gasteiger partial charge on any atom is -0.379 e. The summed E-state index contributed by atoms with van der Waals surface area (Å²) in [6.45, 7) is 1.26. The minimum atomic E-state index is 0.0482. The van der Waals surface area contributed by atoms with Crippen molar-refractivity contribution in [3.8, 4) is 6.07 Å². The lowest BCUT2D eigenvalue weighted by atomic mass is 10.0. The standard InChI is InChI=1S/C9H11N3OS/c10-2-1-9-12-8(5-14-9)6-3-13-4-7(6)11/h5-7H,1,3-4,11H2. The van der Waals surface area contributed by atoms with Gasteiger partial charge in [0.1, 0.15) is 5.01 Å². The van der Waals surface area contributed by atoms with E-state index in [1.165, 1.54) is 11.3 Å². The molecule has 0 aliphatic carbocycles. The maximum Gasteiger partial charge on any atom is 0.107 e. The molecule has 1 aromatic heterocycles. The zero-order valence-electron chi connectivity index (χ0n) is 7.64. The highest BCUT2D eigenvalue weighted by Gasteiger charge is 2.28. The first-order chi connectivity index (χ1) is 6.81. The Hall–Kier alpha value is -0.960. The molecule has 1 fully saturated rings. The first-order valence-corrected chi connectivity index (χ1v) is 5.34. The van der Waals surface area contributed by atoms with Gasteiger partial charge in [-0.05, 0) is 0 Å². The van der Waals surface area contributed by atoms with Gasteiger partial charge < -0.3 is 10.5 Å². The van der Waals surface area contributed by atoms with Crippen LogP contribution in [0, 0.1) is 11.3 Å². The van der Waals surface area contributed by atoms with Gasteiger partial charge in [0.2, 0.25) is 0 Å². The van der Waals surface area contributed by atoms with Crippen LogP contribution in [0.2, 0.25) is 0 Å². The van der Waals surface area contributed by atoms with Crippen molar-refractivity contribution in [2.24, 2.45) is 5.73 Å². The van der Waals surface area contributed by atoms with Crippen LogP contribution in [0.3, 0.4) is 0 Å². The molecule has 74 valence electrons. The molecule has 1 saturated heterocycles. The van der Waals surface area contributed by atoms with Crippen LogP contribution in [-0.4, -0.2) is 24.2 Å². The first kappa shape index (κ1) is 9.59. The predicted molar refractivity (Wildman–Crippen MR) is 53.0 cm³/mol. The number of nitrogens with zero attached hydrogens (tertiary/aromatic N) is 2. The summed E-state index contributed by atoms with van der Waals surface area (Å²) in [5, 5.41) is 11.4. The summed E-state index contributed by atoms with van der Waals surface area (Å²) in [5.41, 5.74) is 6.85. The fourth-order valence-electron chi connectivity index (χ4n) is 1.52. The summed E-state index contributed by atoms with van der Waals surface area (Å²) in [6.07, 6.45) is 0.382. The lowest BCUT2D eigenvalue weighted by Gasteiger charge is -2.08. The zero-order valence-corrected chi connectivity index (χ0v) is 8.46. The van der Waals surface area contributed by atoms with Crippen molar-refractivity contribution in [3.63, 3.8) is 0 Å². The number of rotatable bonds is 2. The minimum absolute atomic E-state index is 0.0482. The Morgan fingerprint density at radius 3 is 3.21 bits per heavy atom. The predicted octanol–water partition coefficient (Wildman–Crippen LogP) is 0.650. The summed E-state index contributed by atoms with van der Waals surface area (Å²) >= 11 is 1.52. The van der Waals surface area contributed by atoms with E-state index in [1.807, 2.05) is 5.38 Å². The van der Waals surface area contributed by atoms with E-state index in [9.17, 15) is 0 Å². The maximum absolute atomic E-state index is 8.51. The van der Waals surface area contributed by atoms with Crippen LogP contribution in [0.25, 0.3) is 0 Å². The Bertz CT molecular complexity index is 357. The van der Waals surface area contributed by atoms with Gasteiger partial charge in [-0.15, -0.1) is 11.3 Å². The zero-order chi connectivity index (χ0) is 9.97. The van der Waals surface area contributed by atoms with Gasteiger partial charge in [-0.2, -0.15) is 5.26 Å². The molecular weight excluding hydrogens is 198 g/mol. The summed E-state index contributed by atoms with van der Waals surface area (Å²) in [7, 11) is 0. The van der Waals surface area contributed by atoms with Crippen molar-refractivity contribution >= 4 is 11.3 Å². The number of aromatic nitrogens is 1. The molecular formula is C9H11N3OS. The first-order valence-electron chi connectivity index (χ1n) is 4.46. The van der Waals surface area contributed by atoms with Gasteiger partial charge in [0.15, 0.2) is 0 Å². The molecule has 2 heterocycles. The van der Waals surface area contributed by atoms with Crippen LogP contribution >= 0.6 is 11.3 Å². The fraction of sp³-hybridized carbons (Fsp3) is 0.556. The van der Waals surface area contributed by atoms with Crippen molar-refractivity contribution in [2.45, 2.75) is 18.4 Å². The third kappa shape index (κ3) is 1.77. The molecule has 0 saturated carbocycles. The fourth-order valence-corrected chi connectivity index (χ4v) is 2.31. The topological polar surface area (TPSA) is 71.9 Å². The van der Waals surface area contributed by atoms with Crippen LogP contribution in [0.5, 0.6) is 0 Å². The largest absolute Gasteiger partial charge is 0.379 e. The quantitative estimate of drug-likeness (QED) is 0.776. The molecule has 1 aliphatic heterocycles. The van der Waals surface area contributed by atoms with E-state index in [1.54, 1.807) is 0 Å². The Kier molecular flexibility index (Phi) is 2.77. The van der Waals surface area contributed by atoms with Crippen molar-refractivity contribution in [2.75, 3.05) is 13.2 Å². The lowest BCUT2D eigenvalue weighted by molar-refractivity contribution is 0.190. The van der Waals surface area contributed by atoms with Gasteiger partial charge >= 0.3 is 0 Å². The Morgan fingerprint density at radius 2 is 2.57 bits per heavy atom. The summed E-state index contributed by atoms with van der Waals surface area (Å²) in [5.74, 6) is 0.207. The Morgan fingerprint density at radius 1 is 1.71 bits per heavy atom. The van der Waals surface area contributed by atoms with Crippen molar-refractivity contribution in [3.05, 3.63) is 16.1 Å². The molecule has 0 spiro atoms. The van der Waals surface area contributed by atoms with Crippen LogP contribution in [0.4, 0.5) is 0 Å². The van der Waals surface area contributed by atoms with Crippen LogP contribution < -0.4 is 5.73 Å². The summed E-state index contributed by atoms with van der Waals surface area (Å²) in [6, 6.07) is 2.13. The van der Waals surface area contributed by atoms with Gasteiger partial charge in [-0.3, -0.25) is 0 Å². The molecule has 0 aromatic carbocycles. The monoisotopic (exact) mass is 209 g/mol. The molecule has 14 heavy (non-hydrogen) atoms. The second-order valence-corrected chi connectivity index (χ2v) is 4.25. The van der Waals surface area contributed by atoms with Gasteiger partial charge in [-0.25, -0.2) is 4.98 Å². The SMILES string of the molecule is N#CCc1nc(C2COCC2N)cs1. The second kappa shape index (κ2) is 4.05. The molecule has 5 heteroatoms. The molecule has 4 nitrogen and oxygen atoms in total. The number of thiazole rings is 1. The lowest BCUT2D eigenvalue weighted by Crippen LogP contribution is -2.27. The van der Waals surface area contributed by atoms with Crippen molar-refractivity contribution < 1.29 is 4.74 Å². The average Bonchev–Trinajstić information content (AvgIpc) is 2.74. The normalized spacial score (nSPS) is 26.3. The molecule has 2 unspecified atom stereocenters. The smallest absolute Gasteiger partial charge is 0.107 e. The average molecular weight is 209 g/mol. The van der Waals surface area contributed by atoms with Crippen molar-refractivity contribution in [1.82, 2.24) is 4.98 Å². The molecule has 1 aliphatic rings. The van der Waals surface area contributed by atoms with E-state index in [2.05, 4.69) is 11.1 Å². The van der Waals surface area contributed by atoms with E-state index in [0.29, 0.717) is 19.6 Å². The number of hydrogen-bond donors (Lipinski definition) is 1.